The number of aliphatic hydroxyl groups excluding tert-OH is 1. The van der Waals surface area contributed by atoms with Crippen LogP contribution in [0.4, 0.5) is 4.79 Å². The molecule has 5 nitrogen and oxygen atoms in total. The molecule has 1 aliphatic carbocycles. The molecule has 0 bridgehead atoms. The Morgan fingerprint density at radius 1 is 1.17 bits per heavy atom. The van der Waals surface area contributed by atoms with E-state index in [1.54, 1.807) is 4.90 Å². The van der Waals surface area contributed by atoms with Crippen molar-refractivity contribution >= 4 is 6.03 Å². The highest BCUT2D eigenvalue weighted by Crippen LogP contribution is 2.33. The monoisotopic (exact) mass is 340 g/mol. The van der Waals surface area contributed by atoms with Crippen LogP contribution in [0.2, 0.25) is 0 Å². The van der Waals surface area contributed by atoms with Gasteiger partial charge in [-0.25, -0.2) is 4.79 Å². The Hall–Kier alpha value is -0.810. The van der Waals surface area contributed by atoms with E-state index in [0.29, 0.717) is 19.0 Å². The van der Waals surface area contributed by atoms with Gasteiger partial charge in [-0.1, -0.05) is 33.6 Å². The van der Waals surface area contributed by atoms with Gasteiger partial charge in [0.25, 0.3) is 0 Å². The lowest BCUT2D eigenvalue weighted by Crippen LogP contribution is -2.48. The minimum absolute atomic E-state index is 0.0361. The summed E-state index contributed by atoms with van der Waals surface area (Å²) in [5.74, 6) is 0.589. The Morgan fingerprint density at radius 3 is 2.50 bits per heavy atom. The maximum Gasteiger partial charge on any atom is 0.317 e. The van der Waals surface area contributed by atoms with Crippen molar-refractivity contribution in [2.75, 3.05) is 26.7 Å². The maximum absolute atomic E-state index is 12.4. The lowest BCUT2D eigenvalue weighted by atomic mass is 9.78. The number of hydrogen-bond donors (Lipinski definition) is 2. The summed E-state index contributed by atoms with van der Waals surface area (Å²) >= 11 is 0. The van der Waals surface area contributed by atoms with Gasteiger partial charge in [0.15, 0.2) is 0 Å². The number of nitrogens with one attached hydrogen (secondary N) is 1. The van der Waals surface area contributed by atoms with Crippen LogP contribution >= 0.6 is 0 Å². The van der Waals surface area contributed by atoms with Gasteiger partial charge in [-0.15, -0.1) is 0 Å². The third-order valence-electron chi connectivity index (χ3n) is 5.54. The number of aliphatic hydroxyl groups is 1. The predicted octanol–water partition coefficient (Wildman–Crippen LogP) is 3.02. The van der Waals surface area contributed by atoms with Crippen molar-refractivity contribution in [3.05, 3.63) is 0 Å². The van der Waals surface area contributed by atoms with Crippen molar-refractivity contribution in [1.82, 2.24) is 10.2 Å². The van der Waals surface area contributed by atoms with Gasteiger partial charge in [0.2, 0.25) is 0 Å². The minimum Gasteiger partial charge on any atom is -0.393 e. The molecule has 2 N–H and O–H groups in total. The molecule has 4 atom stereocenters. The summed E-state index contributed by atoms with van der Waals surface area (Å²) in [6.07, 6.45) is 6.24. The Morgan fingerprint density at radius 2 is 1.83 bits per heavy atom. The molecule has 140 valence electrons. The second-order valence-electron chi connectivity index (χ2n) is 8.74. The first kappa shape index (κ1) is 19.5. The fourth-order valence-corrected chi connectivity index (χ4v) is 4.20. The number of hydrogen-bond acceptors (Lipinski definition) is 3. The molecule has 1 saturated carbocycles. The molecule has 2 fully saturated rings. The largest absolute Gasteiger partial charge is 0.393 e. The van der Waals surface area contributed by atoms with E-state index in [2.05, 4.69) is 26.1 Å². The molecule has 0 aromatic carbocycles. The molecule has 2 amide bonds. The number of urea groups is 1. The number of amides is 2. The number of nitrogens with zero attached hydrogens (tertiary/aromatic N) is 1. The minimum atomic E-state index is -0.258. The van der Waals surface area contributed by atoms with Crippen LogP contribution in [0.5, 0.6) is 0 Å². The van der Waals surface area contributed by atoms with Gasteiger partial charge in [0.05, 0.1) is 12.2 Å². The fraction of sp³-hybridized carbons (Fsp3) is 0.947. The molecule has 0 aromatic rings. The first-order valence-electron chi connectivity index (χ1n) is 9.57. The van der Waals surface area contributed by atoms with Gasteiger partial charge in [-0.2, -0.15) is 0 Å². The summed E-state index contributed by atoms with van der Waals surface area (Å²) in [5, 5.41) is 13.2. The van der Waals surface area contributed by atoms with Crippen LogP contribution in [-0.2, 0) is 4.74 Å². The van der Waals surface area contributed by atoms with Crippen molar-refractivity contribution in [3.63, 3.8) is 0 Å². The lowest BCUT2D eigenvalue weighted by molar-refractivity contribution is -0.0839. The second kappa shape index (κ2) is 8.52. The third-order valence-corrected chi connectivity index (χ3v) is 5.54. The summed E-state index contributed by atoms with van der Waals surface area (Å²) in [5.41, 5.74) is 0.0912. The Kier molecular flexibility index (Phi) is 6.93. The van der Waals surface area contributed by atoms with Gasteiger partial charge in [-0.05, 0) is 31.1 Å². The van der Waals surface area contributed by atoms with Crippen LogP contribution in [0.15, 0.2) is 0 Å². The van der Waals surface area contributed by atoms with Crippen molar-refractivity contribution in [2.45, 2.75) is 71.5 Å². The van der Waals surface area contributed by atoms with Gasteiger partial charge < -0.3 is 20.1 Å². The van der Waals surface area contributed by atoms with Crippen molar-refractivity contribution in [1.29, 1.82) is 0 Å². The third kappa shape index (κ3) is 5.35. The van der Waals surface area contributed by atoms with Crippen molar-refractivity contribution < 1.29 is 14.6 Å². The van der Waals surface area contributed by atoms with Crippen LogP contribution in [0.1, 0.15) is 59.3 Å². The Balaban J connectivity index is 1.80. The molecule has 2 aliphatic rings. The average molecular weight is 341 g/mol. The summed E-state index contributed by atoms with van der Waals surface area (Å²) in [6, 6.07) is -0.0361. The Bertz CT molecular complexity index is 408. The summed E-state index contributed by atoms with van der Waals surface area (Å²) < 4.78 is 5.99. The fourth-order valence-electron chi connectivity index (χ4n) is 4.20. The molecule has 4 unspecified atom stereocenters. The first-order chi connectivity index (χ1) is 11.3. The Labute approximate surface area is 147 Å². The van der Waals surface area contributed by atoms with Crippen LogP contribution in [0.25, 0.3) is 0 Å². The lowest BCUT2D eigenvalue weighted by Gasteiger charge is -2.40. The van der Waals surface area contributed by atoms with E-state index in [1.807, 2.05) is 7.05 Å². The summed E-state index contributed by atoms with van der Waals surface area (Å²) in [7, 11) is 1.83. The second-order valence-corrected chi connectivity index (χ2v) is 8.74. The highest BCUT2D eigenvalue weighted by atomic mass is 16.5. The van der Waals surface area contributed by atoms with E-state index >= 15 is 0 Å². The molecule has 1 aliphatic heterocycles. The summed E-state index contributed by atoms with van der Waals surface area (Å²) in [6.45, 7) is 8.73. The molecule has 5 heteroatoms. The maximum atomic E-state index is 12.4. The molecule has 1 heterocycles. The van der Waals surface area contributed by atoms with Gasteiger partial charge >= 0.3 is 6.03 Å². The highest BCUT2D eigenvalue weighted by Gasteiger charge is 2.35. The normalized spacial score (nSPS) is 31.5. The molecule has 0 aromatic heterocycles. The highest BCUT2D eigenvalue weighted by molar-refractivity contribution is 5.73. The van der Waals surface area contributed by atoms with Gasteiger partial charge in [-0.3, -0.25) is 0 Å². The molecule has 0 spiro atoms. The van der Waals surface area contributed by atoms with E-state index in [-0.39, 0.29) is 29.6 Å². The van der Waals surface area contributed by atoms with Crippen LogP contribution in [0.3, 0.4) is 0 Å². The number of ether oxygens (including phenoxy) is 1. The molecule has 0 radical (unpaired) electrons. The van der Waals surface area contributed by atoms with E-state index in [9.17, 15) is 9.90 Å². The van der Waals surface area contributed by atoms with E-state index < -0.39 is 0 Å². The van der Waals surface area contributed by atoms with Crippen molar-refractivity contribution in [2.24, 2.45) is 17.3 Å². The number of rotatable bonds is 4. The van der Waals surface area contributed by atoms with Crippen molar-refractivity contribution in [3.8, 4) is 0 Å². The zero-order valence-corrected chi connectivity index (χ0v) is 15.9. The van der Waals surface area contributed by atoms with Crippen LogP contribution < -0.4 is 5.32 Å². The predicted molar refractivity (Wildman–Crippen MR) is 95.9 cm³/mol. The molecule has 2 rings (SSSR count). The standard InChI is InChI=1S/C19H36N2O3/c1-19(2,3)17-14(9-7-11-24-17)12-20-18(23)21(4)13-15-8-5-6-10-16(15)22/h14-17,22H,5-13H2,1-4H3,(H,20,23). The smallest absolute Gasteiger partial charge is 0.317 e. The molecule has 1 saturated heterocycles. The molecular formula is C19H36N2O3. The molecular weight excluding hydrogens is 304 g/mol. The van der Waals surface area contributed by atoms with Crippen LogP contribution in [-0.4, -0.2) is 55.0 Å². The quantitative estimate of drug-likeness (QED) is 0.827. The zero-order chi connectivity index (χ0) is 17.7. The van der Waals surface area contributed by atoms with Crippen LogP contribution in [0, 0.1) is 17.3 Å². The van der Waals surface area contributed by atoms with E-state index in [1.165, 1.54) is 0 Å². The van der Waals surface area contributed by atoms with Gasteiger partial charge in [0.1, 0.15) is 0 Å². The molecule has 24 heavy (non-hydrogen) atoms. The van der Waals surface area contributed by atoms with E-state index in [4.69, 9.17) is 4.74 Å². The average Bonchev–Trinajstić information content (AvgIpc) is 2.54. The SMILES string of the molecule is CN(CC1CCCCC1O)C(=O)NCC1CCCOC1C(C)(C)C. The summed E-state index contributed by atoms with van der Waals surface area (Å²) in [4.78, 5) is 14.1. The number of carbonyl (C=O) groups excluding carboxylic acids is 1. The van der Waals surface area contributed by atoms with E-state index in [0.717, 1.165) is 45.1 Å². The first-order valence-corrected chi connectivity index (χ1v) is 9.57. The topological polar surface area (TPSA) is 61.8 Å². The van der Waals surface area contributed by atoms with Gasteiger partial charge in [0, 0.05) is 38.6 Å². The number of carbonyl (C=O) groups is 1. The zero-order valence-electron chi connectivity index (χ0n) is 15.9.